The predicted octanol–water partition coefficient (Wildman–Crippen LogP) is 3.11. The highest BCUT2D eigenvalue weighted by Gasteiger charge is 2.25. The fourth-order valence-corrected chi connectivity index (χ4v) is 3.89. The lowest BCUT2D eigenvalue weighted by atomic mass is 10.2. The van der Waals surface area contributed by atoms with E-state index in [9.17, 15) is 9.59 Å². The molecule has 29 heavy (non-hydrogen) atoms. The van der Waals surface area contributed by atoms with Crippen molar-refractivity contribution in [3.63, 3.8) is 0 Å². The predicted molar refractivity (Wildman–Crippen MR) is 115 cm³/mol. The summed E-state index contributed by atoms with van der Waals surface area (Å²) in [6.45, 7) is 4.40. The molecule has 0 bridgehead atoms. The Morgan fingerprint density at radius 3 is 2.83 bits per heavy atom. The molecule has 0 aliphatic carbocycles. The Hall–Kier alpha value is -2.99. The number of anilines is 1. The number of para-hydroxylation sites is 2. The molecule has 6 nitrogen and oxygen atoms in total. The van der Waals surface area contributed by atoms with Gasteiger partial charge in [-0.25, -0.2) is 4.98 Å². The van der Waals surface area contributed by atoms with Gasteiger partial charge >= 0.3 is 0 Å². The minimum Gasteiger partial charge on any atom is -0.311 e. The van der Waals surface area contributed by atoms with Crippen LogP contribution in [0.25, 0.3) is 10.9 Å². The molecule has 0 radical (unpaired) electrons. The van der Waals surface area contributed by atoms with Gasteiger partial charge < -0.3 is 9.88 Å². The van der Waals surface area contributed by atoms with Crippen molar-refractivity contribution in [1.82, 2.24) is 14.9 Å². The topological polar surface area (TPSA) is 69.3 Å². The fourth-order valence-electron chi connectivity index (χ4n) is 3.89. The van der Waals surface area contributed by atoms with E-state index in [1.165, 1.54) is 5.56 Å². The number of fused-ring (bicyclic) bond motifs is 2. The maximum Gasteiger partial charge on any atom is 0.258 e. The van der Waals surface area contributed by atoms with Gasteiger partial charge in [-0.05, 0) is 43.1 Å². The molecule has 1 aliphatic heterocycles. The Bertz CT molecular complexity index is 1080. The third kappa shape index (κ3) is 4.22. The molecule has 2 aromatic carbocycles. The normalized spacial score (nSPS) is 13.2. The number of nitrogens with one attached hydrogen (secondary N) is 1. The van der Waals surface area contributed by atoms with Crippen LogP contribution in [0.4, 0.5) is 5.69 Å². The zero-order valence-electron chi connectivity index (χ0n) is 16.7. The molecule has 1 aromatic heterocycles. The van der Waals surface area contributed by atoms with Crippen molar-refractivity contribution in [1.29, 1.82) is 0 Å². The summed E-state index contributed by atoms with van der Waals surface area (Å²) in [6, 6.07) is 15.4. The van der Waals surface area contributed by atoms with Gasteiger partial charge in [-0.3, -0.25) is 14.5 Å². The number of hydrogen-bond acceptors (Lipinski definition) is 4. The summed E-state index contributed by atoms with van der Waals surface area (Å²) in [4.78, 5) is 36.9. The van der Waals surface area contributed by atoms with Crippen molar-refractivity contribution < 1.29 is 4.79 Å². The van der Waals surface area contributed by atoms with Crippen LogP contribution < -0.4 is 10.5 Å². The first kappa shape index (κ1) is 19.3. The summed E-state index contributed by atoms with van der Waals surface area (Å²) >= 11 is 0. The van der Waals surface area contributed by atoms with E-state index in [0.717, 1.165) is 38.0 Å². The number of aromatic nitrogens is 2. The van der Waals surface area contributed by atoms with Crippen molar-refractivity contribution in [3.8, 4) is 0 Å². The van der Waals surface area contributed by atoms with Crippen molar-refractivity contribution in [2.75, 3.05) is 24.5 Å². The van der Waals surface area contributed by atoms with Crippen molar-refractivity contribution >= 4 is 22.5 Å². The van der Waals surface area contributed by atoms with E-state index in [2.05, 4.69) is 27.9 Å². The first-order valence-corrected chi connectivity index (χ1v) is 10.2. The zero-order chi connectivity index (χ0) is 20.2. The van der Waals surface area contributed by atoms with Crippen LogP contribution in [0.2, 0.25) is 0 Å². The maximum atomic E-state index is 13.0. The van der Waals surface area contributed by atoms with Crippen LogP contribution in [0, 0.1) is 0 Å². The van der Waals surface area contributed by atoms with Gasteiger partial charge in [0, 0.05) is 12.2 Å². The van der Waals surface area contributed by atoms with Crippen molar-refractivity contribution in [2.45, 2.75) is 32.7 Å². The lowest BCUT2D eigenvalue weighted by Crippen LogP contribution is -2.40. The van der Waals surface area contributed by atoms with Gasteiger partial charge in [-0.1, -0.05) is 43.7 Å². The third-order valence-corrected chi connectivity index (χ3v) is 5.41. The Labute approximate surface area is 170 Å². The second-order valence-corrected chi connectivity index (χ2v) is 7.52. The van der Waals surface area contributed by atoms with Crippen LogP contribution in [0.3, 0.4) is 0 Å². The van der Waals surface area contributed by atoms with E-state index >= 15 is 0 Å². The van der Waals surface area contributed by atoms with E-state index in [-0.39, 0.29) is 11.5 Å². The lowest BCUT2D eigenvalue weighted by Gasteiger charge is -2.25. The highest BCUT2D eigenvalue weighted by Crippen LogP contribution is 2.27. The standard InChI is InChI=1S/C23H26N4O2/c1-2-3-13-26(15-21-24-19-10-6-5-9-18(19)23(29)25-21)16-22(28)27-14-12-17-8-4-7-11-20(17)27/h4-11H,2-3,12-16H2,1H3,(H,24,25,29). The molecule has 1 aliphatic rings. The quantitative estimate of drug-likeness (QED) is 0.673. The van der Waals surface area contributed by atoms with E-state index in [4.69, 9.17) is 0 Å². The molecule has 4 rings (SSSR count). The Kier molecular flexibility index (Phi) is 5.71. The summed E-state index contributed by atoms with van der Waals surface area (Å²) < 4.78 is 0. The number of aromatic amines is 1. The molecule has 0 saturated heterocycles. The van der Waals surface area contributed by atoms with E-state index in [1.54, 1.807) is 6.07 Å². The van der Waals surface area contributed by atoms with Gasteiger partial charge in [0.1, 0.15) is 5.82 Å². The molecular formula is C23H26N4O2. The highest BCUT2D eigenvalue weighted by atomic mass is 16.2. The number of benzene rings is 2. The monoisotopic (exact) mass is 390 g/mol. The molecule has 2 heterocycles. The zero-order valence-corrected chi connectivity index (χ0v) is 16.7. The van der Waals surface area contributed by atoms with Gasteiger partial charge in [-0.2, -0.15) is 0 Å². The Balaban J connectivity index is 1.52. The van der Waals surface area contributed by atoms with Crippen molar-refractivity contribution in [3.05, 3.63) is 70.3 Å². The number of amides is 1. The largest absolute Gasteiger partial charge is 0.311 e. The maximum absolute atomic E-state index is 13.0. The SMILES string of the molecule is CCCCN(CC(=O)N1CCc2ccccc21)Cc1nc2ccccc2c(=O)[nH]1. The molecule has 6 heteroatoms. The fraction of sp³-hybridized carbons (Fsp3) is 0.348. The third-order valence-electron chi connectivity index (χ3n) is 5.41. The number of carbonyl (C=O) groups is 1. The number of hydrogen-bond donors (Lipinski definition) is 1. The van der Waals surface area contributed by atoms with Crippen LogP contribution >= 0.6 is 0 Å². The Morgan fingerprint density at radius 1 is 1.17 bits per heavy atom. The minimum atomic E-state index is -0.138. The van der Waals surface area contributed by atoms with Gasteiger partial charge in [-0.15, -0.1) is 0 Å². The highest BCUT2D eigenvalue weighted by molar-refractivity contribution is 5.96. The molecule has 0 atom stereocenters. The number of nitrogens with zero attached hydrogens (tertiary/aromatic N) is 3. The van der Waals surface area contributed by atoms with Gasteiger partial charge in [0.15, 0.2) is 0 Å². The van der Waals surface area contributed by atoms with Crippen LogP contribution in [-0.2, 0) is 17.8 Å². The number of H-pyrrole nitrogens is 1. The number of unbranched alkanes of at least 4 members (excludes halogenated alkanes) is 1. The summed E-state index contributed by atoms with van der Waals surface area (Å²) in [5, 5.41) is 0.584. The summed E-state index contributed by atoms with van der Waals surface area (Å²) in [5.74, 6) is 0.689. The van der Waals surface area contributed by atoms with Crippen LogP contribution in [0.15, 0.2) is 53.3 Å². The molecule has 0 fully saturated rings. The van der Waals surface area contributed by atoms with Gasteiger partial charge in [0.25, 0.3) is 5.56 Å². The smallest absolute Gasteiger partial charge is 0.258 e. The summed E-state index contributed by atoms with van der Waals surface area (Å²) in [5.41, 5.74) is 2.79. The van der Waals surface area contributed by atoms with E-state index in [1.807, 2.05) is 41.3 Å². The average Bonchev–Trinajstić information content (AvgIpc) is 3.16. The Morgan fingerprint density at radius 2 is 1.97 bits per heavy atom. The van der Waals surface area contributed by atoms with Crippen molar-refractivity contribution in [2.24, 2.45) is 0 Å². The van der Waals surface area contributed by atoms with E-state index < -0.39 is 0 Å². The van der Waals surface area contributed by atoms with Crippen LogP contribution in [0.1, 0.15) is 31.2 Å². The minimum absolute atomic E-state index is 0.0918. The summed E-state index contributed by atoms with van der Waals surface area (Å²) in [7, 11) is 0. The molecular weight excluding hydrogens is 364 g/mol. The lowest BCUT2D eigenvalue weighted by molar-refractivity contribution is -0.119. The van der Waals surface area contributed by atoms with Gasteiger partial charge in [0.2, 0.25) is 5.91 Å². The van der Waals surface area contributed by atoms with Crippen LogP contribution in [-0.4, -0.2) is 40.4 Å². The van der Waals surface area contributed by atoms with Gasteiger partial charge in [0.05, 0.1) is 24.0 Å². The number of rotatable bonds is 7. The summed E-state index contributed by atoms with van der Waals surface area (Å²) in [6.07, 6.45) is 2.93. The first-order valence-electron chi connectivity index (χ1n) is 10.2. The molecule has 0 spiro atoms. The molecule has 150 valence electrons. The van der Waals surface area contributed by atoms with E-state index in [0.29, 0.717) is 29.8 Å². The number of carbonyl (C=O) groups excluding carboxylic acids is 1. The van der Waals surface area contributed by atoms with Crippen LogP contribution in [0.5, 0.6) is 0 Å². The average molecular weight is 390 g/mol. The molecule has 3 aromatic rings. The molecule has 0 unspecified atom stereocenters. The molecule has 1 N–H and O–H groups in total. The molecule has 0 saturated carbocycles. The molecule has 1 amide bonds. The second-order valence-electron chi connectivity index (χ2n) is 7.52. The first-order chi connectivity index (χ1) is 14.2. The second kappa shape index (κ2) is 8.57.